The van der Waals surface area contributed by atoms with Crippen LogP contribution >= 0.6 is 0 Å². The van der Waals surface area contributed by atoms with Gasteiger partial charge in [0.15, 0.2) is 0 Å². The van der Waals surface area contributed by atoms with Crippen LogP contribution in [0.25, 0.3) is 0 Å². The smallest absolute Gasteiger partial charge is 0.123 e. The summed E-state index contributed by atoms with van der Waals surface area (Å²) >= 11 is 0. The molecule has 0 radical (unpaired) electrons. The van der Waals surface area contributed by atoms with Crippen molar-refractivity contribution in [2.24, 2.45) is 23.7 Å². The second-order valence-electron chi connectivity index (χ2n) is 9.18. The van der Waals surface area contributed by atoms with Gasteiger partial charge in [0.1, 0.15) is 5.82 Å². The molecular weight excluding hydrogens is 311 g/mol. The highest BCUT2D eigenvalue weighted by molar-refractivity contribution is 5.16. The average molecular weight is 343 g/mol. The van der Waals surface area contributed by atoms with Crippen molar-refractivity contribution in [3.8, 4) is 0 Å². The molecule has 136 valence electrons. The van der Waals surface area contributed by atoms with E-state index in [2.05, 4.69) is 9.80 Å². The van der Waals surface area contributed by atoms with Gasteiger partial charge in [-0.2, -0.15) is 0 Å². The zero-order valence-electron chi connectivity index (χ0n) is 15.2. The Kier molecular flexibility index (Phi) is 4.33. The maximum Gasteiger partial charge on any atom is 0.123 e. The average Bonchev–Trinajstić information content (AvgIpc) is 2.61. The Balaban J connectivity index is 1.13. The highest BCUT2D eigenvalue weighted by atomic mass is 19.1. The maximum absolute atomic E-state index is 13.0. The summed E-state index contributed by atoms with van der Waals surface area (Å²) in [6.07, 6.45) is 8.71. The Hall–Kier alpha value is -0.930. The molecule has 0 unspecified atom stereocenters. The van der Waals surface area contributed by atoms with Gasteiger partial charge < -0.3 is 4.90 Å². The number of halogens is 1. The summed E-state index contributed by atoms with van der Waals surface area (Å²) in [6, 6.07) is 7.94. The predicted octanol–water partition coefficient (Wildman–Crippen LogP) is 3.81. The summed E-state index contributed by atoms with van der Waals surface area (Å²) in [7, 11) is 0. The fourth-order valence-electron chi connectivity index (χ4n) is 6.72. The third kappa shape index (κ3) is 3.26. The molecule has 1 saturated heterocycles. The van der Waals surface area contributed by atoms with Gasteiger partial charge >= 0.3 is 0 Å². The molecule has 4 bridgehead atoms. The van der Waals surface area contributed by atoms with E-state index in [0.29, 0.717) is 0 Å². The van der Waals surface area contributed by atoms with Crippen LogP contribution in [0.3, 0.4) is 0 Å². The first-order valence-corrected chi connectivity index (χ1v) is 10.5. The summed E-state index contributed by atoms with van der Waals surface area (Å²) < 4.78 is 13.0. The van der Waals surface area contributed by atoms with Crippen molar-refractivity contribution in [3.05, 3.63) is 35.6 Å². The highest BCUT2D eigenvalue weighted by Crippen LogP contribution is 2.55. The molecule has 1 heterocycles. The maximum atomic E-state index is 13.0. The van der Waals surface area contributed by atoms with Gasteiger partial charge in [-0.3, -0.25) is 4.90 Å². The summed E-state index contributed by atoms with van der Waals surface area (Å²) in [4.78, 5) is 5.47. The second-order valence-corrected chi connectivity index (χ2v) is 9.18. The van der Waals surface area contributed by atoms with Gasteiger partial charge in [-0.15, -0.1) is 0 Å². The Morgan fingerprint density at radius 2 is 1.40 bits per heavy atom. The molecule has 4 saturated carbocycles. The van der Waals surface area contributed by atoms with Crippen molar-refractivity contribution < 1.29 is 4.39 Å². The van der Waals surface area contributed by atoms with Gasteiger partial charge in [-0.25, -0.2) is 4.39 Å². The summed E-state index contributed by atoms with van der Waals surface area (Å²) in [6.45, 7) is 6.06. The van der Waals surface area contributed by atoms with E-state index in [1.807, 2.05) is 12.1 Å². The number of piperazine rings is 1. The van der Waals surface area contributed by atoms with E-state index in [1.54, 1.807) is 18.6 Å². The standard InChI is InChI=1S/C22H31FN2/c23-21-3-1-16(2-4-21)5-6-24-7-9-25(10-8-24)22-19-12-17-11-18(14-19)15-20(22)13-17/h1-4,17-20,22H,5-15H2. The molecule has 0 amide bonds. The molecule has 1 aromatic carbocycles. The molecular formula is C22H31FN2. The Bertz CT molecular complexity index is 563. The van der Waals surface area contributed by atoms with Gasteiger partial charge in [0.2, 0.25) is 0 Å². The molecule has 0 atom stereocenters. The monoisotopic (exact) mass is 342 g/mol. The van der Waals surface area contributed by atoms with Crippen LogP contribution < -0.4 is 0 Å². The molecule has 6 rings (SSSR count). The van der Waals surface area contributed by atoms with Crippen LogP contribution in [0.4, 0.5) is 4.39 Å². The first kappa shape index (κ1) is 16.3. The Labute approximate surface area is 151 Å². The lowest BCUT2D eigenvalue weighted by Gasteiger charge is -2.58. The number of benzene rings is 1. The van der Waals surface area contributed by atoms with Gasteiger partial charge in [-0.05, 0) is 79.9 Å². The molecule has 5 fully saturated rings. The van der Waals surface area contributed by atoms with Gasteiger partial charge in [0.05, 0.1) is 0 Å². The fraction of sp³-hybridized carbons (Fsp3) is 0.727. The van der Waals surface area contributed by atoms with Crippen LogP contribution in [-0.2, 0) is 6.42 Å². The van der Waals surface area contributed by atoms with E-state index >= 15 is 0 Å². The Morgan fingerprint density at radius 1 is 0.800 bits per heavy atom. The third-order valence-corrected chi connectivity index (χ3v) is 7.64. The van der Waals surface area contributed by atoms with Crippen LogP contribution in [0.2, 0.25) is 0 Å². The predicted molar refractivity (Wildman–Crippen MR) is 99.0 cm³/mol. The fourth-order valence-corrected chi connectivity index (χ4v) is 6.72. The summed E-state index contributed by atoms with van der Waals surface area (Å²) in [5, 5.41) is 0. The van der Waals surface area contributed by atoms with Crippen molar-refractivity contribution in [1.29, 1.82) is 0 Å². The van der Waals surface area contributed by atoms with E-state index < -0.39 is 0 Å². The van der Waals surface area contributed by atoms with E-state index in [-0.39, 0.29) is 5.82 Å². The quantitative estimate of drug-likeness (QED) is 0.821. The Morgan fingerprint density at radius 3 is 2.00 bits per heavy atom. The number of hydrogen-bond acceptors (Lipinski definition) is 2. The van der Waals surface area contributed by atoms with Crippen molar-refractivity contribution in [1.82, 2.24) is 9.80 Å². The summed E-state index contributed by atoms with van der Waals surface area (Å²) in [5.41, 5.74) is 1.25. The molecule has 1 aromatic rings. The molecule has 0 aromatic heterocycles. The van der Waals surface area contributed by atoms with Crippen molar-refractivity contribution in [2.45, 2.75) is 44.6 Å². The SMILES string of the molecule is Fc1ccc(CCN2CCN(C3C4CC5CC(C4)CC3C5)CC2)cc1. The minimum atomic E-state index is -0.131. The first-order valence-electron chi connectivity index (χ1n) is 10.5. The highest BCUT2D eigenvalue weighted by Gasteiger charge is 2.50. The molecule has 2 nitrogen and oxygen atoms in total. The van der Waals surface area contributed by atoms with Gasteiger partial charge in [0.25, 0.3) is 0 Å². The zero-order chi connectivity index (χ0) is 16.8. The van der Waals surface area contributed by atoms with Crippen molar-refractivity contribution >= 4 is 0 Å². The zero-order valence-corrected chi connectivity index (χ0v) is 15.2. The van der Waals surface area contributed by atoms with Crippen LogP contribution in [0.5, 0.6) is 0 Å². The van der Waals surface area contributed by atoms with E-state index in [9.17, 15) is 4.39 Å². The van der Waals surface area contributed by atoms with Crippen LogP contribution in [-0.4, -0.2) is 48.6 Å². The number of rotatable bonds is 4. The second kappa shape index (κ2) is 6.66. The molecule has 4 aliphatic carbocycles. The van der Waals surface area contributed by atoms with E-state index in [1.165, 1.54) is 57.4 Å². The topological polar surface area (TPSA) is 6.48 Å². The molecule has 0 N–H and O–H groups in total. The largest absolute Gasteiger partial charge is 0.300 e. The minimum absolute atomic E-state index is 0.131. The van der Waals surface area contributed by atoms with Crippen molar-refractivity contribution in [3.63, 3.8) is 0 Å². The number of nitrogens with zero attached hydrogens (tertiary/aromatic N) is 2. The lowest BCUT2D eigenvalue weighted by atomic mass is 9.54. The van der Waals surface area contributed by atoms with Crippen LogP contribution in [0, 0.1) is 29.5 Å². The molecule has 0 spiro atoms. The third-order valence-electron chi connectivity index (χ3n) is 7.64. The summed E-state index contributed by atoms with van der Waals surface area (Å²) in [5.74, 6) is 4.06. The lowest BCUT2D eigenvalue weighted by Crippen LogP contribution is -2.60. The van der Waals surface area contributed by atoms with Gasteiger partial charge in [-0.1, -0.05) is 12.1 Å². The molecule has 3 heteroatoms. The molecule has 5 aliphatic rings. The molecule has 25 heavy (non-hydrogen) atoms. The number of hydrogen-bond donors (Lipinski definition) is 0. The first-order chi connectivity index (χ1) is 12.2. The minimum Gasteiger partial charge on any atom is -0.300 e. The van der Waals surface area contributed by atoms with Gasteiger partial charge in [0, 0.05) is 38.8 Å². The van der Waals surface area contributed by atoms with Crippen LogP contribution in [0.1, 0.15) is 37.7 Å². The molecule has 1 aliphatic heterocycles. The van der Waals surface area contributed by atoms with E-state index in [0.717, 1.165) is 42.7 Å². The van der Waals surface area contributed by atoms with E-state index in [4.69, 9.17) is 0 Å². The lowest BCUT2D eigenvalue weighted by molar-refractivity contribution is -0.0763. The normalized spacial score (nSPS) is 38.4. The van der Waals surface area contributed by atoms with Crippen molar-refractivity contribution in [2.75, 3.05) is 32.7 Å². The van der Waals surface area contributed by atoms with Crippen LogP contribution in [0.15, 0.2) is 24.3 Å².